The van der Waals surface area contributed by atoms with E-state index in [1.165, 1.54) is 12.1 Å². The maximum absolute atomic E-state index is 14.4. The average Bonchev–Trinajstić information content (AvgIpc) is 2.94. The molecule has 13 heteroatoms. The summed E-state index contributed by atoms with van der Waals surface area (Å²) < 4.78 is 40.8. The molecule has 0 N–H and O–H groups in total. The van der Waals surface area contributed by atoms with Gasteiger partial charge >= 0.3 is 11.4 Å². The van der Waals surface area contributed by atoms with Gasteiger partial charge in [0, 0.05) is 25.2 Å². The zero-order valence-electron chi connectivity index (χ0n) is 23.7. The van der Waals surface area contributed by atoms with E-state index >= 15 is 0 Å². The number of nitrogens with zero attached hydrogens (tertiary/aromatic N) is 4. The van der Waals surface area contributed by atoms with Gasteiger partial charge in [-0.15, -0.1) is 0 Å². The largest absolute Gasteiger partial charge is 0.482 e. The van der Waals surface area contributed by atoms with Gasteiger partial charge in [-0.25, -0.2) is 8.78 Å². The molecule has 2 aliphatic heterocycles. The fourth-order valence-corrected chi connectivity index (χ4v) is 5.71. The maximum Gasteiger partial charge on any atom is 0.310 e. The Bertz CT molecular complexity index is 1200. The number of hydrogen-bond donors (Lipinski definition) is 0. The quantitative estimate of drug-likeness (QED) is 0.254. The van der Waals surface area contributed by atoms with E-state index in [9.17, 15) is 33.8 Å². The zero-order chi connectivity index (χ0) is 30.4. The third-order valence-corrected chi connectivity index (χ3v) is 7.86. The molecular weight excluding hydrogens is 554 g/mol. The van der Waals surface area contributed by atoms with Crippen molar-refractivity contribution in [2.45, 2.75) is 63.8 Å². The van der Waals surface area contributed by atoms with E-state index < -0.39 is 53.3 Å². The number of Topliss-reactive ketones (excluding diaryl/α,β-unsaturated/α-hetero) is 1. The van der Waals surface area contributed by atoms with Crippen LogP contribution < -0.4 is 9.47 Å². The SMILES string of the molecule is Cc1ccc([N+](=O)[O-])c(OC2CCCN(C(CF)C(=O)C(CF)N3CCCC(Oc4cc(C)ccc4[N+](=O)[O-])C3)C2)c1. The maximum atomic E-state index is 14.4. The van der Waals surface area contributed by atoms with Gasteiger partial charge in [0.15, 0.2) is 17.3 Å². The summed E-state index contributed by atoms with van der Waals surface area (Å²) in [5.74, 6) is -0.362. The Hall–Kier alpha value is -3.71. The molecule has 0 amide bonds. The Kier molecular flexibility index (Phi) is 10.4. The normalized spacial score (nSPS) is 21.3. The summed E-state index contributed by atoms with van der Waals surface area (Å²) in [5, 5.41) is 22.9. The van der Waals surface area contributed by atoms with Gasteiger partial charge in [-0.05, 0) is 75.9 Å². The molecule has 4 atom stereocenters. The van der Waals surface area contributed by atoms with E-state index in [0.717, 1.165) is 11.1 Å². The van der Waals surface area contributed by atoms with Crippen molar-refractivity contribution in [1.82, 2.24) is 9.80 Å². The summed E-state index contributed by atoms with van der Waals surface area (Å²) in [6.45, 7) is 2.66. The van der Waals surface area contributed by atoms with Gasteiger partial charge in [-0.2, -0.15) is 0 Å². The number of nitro groups is 2. The molecule has 11 nitrogen and oxygen atoms in total. The van der Waals surface area contributed by atoms with Crippen LogP contribution in [0, 0.1) is 34.1 Å². The second-order valence-corrected chi connectivity index (χ2v) is 11.0. The van der Waals surface area contributed by atoms with Crippen LogP contribution in [0.3, 0.4) is 0 Å². The molecule has 4 rings (SSSR count). The molecule has 2 fully saturated rings. The summed E-state index contributed by atoms with van der Waals surface area (Å²) in [5.41, 5.74) is 1.22. The predicted molar refractivity (Wildman–Crippen MR) is 151 cm³/mol. The van der Waals surface area contributed by atoms with Crippen molar-refractivity contribution in [3.8, 4) is 11.5 Å². The molecule has 0 aliphatic carbocycles. The molecule has 0 bridgehead atoms. The van der Waals surface area contributed by atoms with Gasteiger partial charge in [-0.1, -0.05) is 12.1 Å². The molecule has 2 aliphatic rings. The number of nitro benzene ring substituents is 2. The number of likely N-dealkylation sites (tertiary alicyclic amines) is 2. The van der Waals surface area contributed by atoms with Crippen LogP contribution in [0.25, 0.3) is 0 Å². The summed E-state index contributed by atoms with van der Waals surface area (Å²) in [6.07, 6.45) is 1.26. The van der Waals surface area contributed by atoms with E-state index in [1.807, 2.05) is 0 Å². The highest BCUT2D eigenvalue weighted by atomic mass is 19.1. The molecule has 0 radical (unpaired) electrons. The van der Waals surface area contributed by atoms with Crippen molar-refractivity contribution >= 4 is 17.2 Å². The molecule has 2 saturated heterocycles. The number of ketones is 1. The van der Waals surface area contributed by atoms with E-state index in [0.29, 0.717) is 38.8 Å². The second-order valence-electron chi connectivity index (χ2n) is 11.0. The molecule has 0 aromatic heterocycles. The smallest absolute Gasteiger partial charge is 0.310 e. The van der Waals surface area contributed by atoms with Crippen LogP contribution in [0.5, 0.6) is 11.5 Å². The number of piperidine rings is 2. The van der Waals surface area contributed by atoms with Crippen molar-refractivity contribution < 1.29 is 32.9 Å². The van der Waals surface area contributed by atoms with Crippen molar-refractivity contribution in [2.24, 2.45) is 0 Å². The molecule has 4 unspecified atom stereocenters. The number of hydrogen-bond acceptors (Lipinski definition) is 9. The van der Waals surface area contributed by atoms with Gasteiger partial charge in [0.05, 0.1) is 21.9 Å². The summed E-state index contributed by atoms with van der Waals surface area (Å²) in [7, 11) is 0. The lowest BCUT2D eigenvalue weighted by Gasteiger charge is -2.40. The summed E-state index contributed by atoms with van der Waals surface area (Å²) in [6, 6.07) is 6.72. The van der Waals surface area contributed by atoms with E-state index in [4.69, 9.17) is 9.47 Å². The van der Waals surface area contributed by atoms with Crippen LogP contribution >= 0.6 is 0 Å². The molecule has 2 aromatic rings. The Morgan fingerprint density at radius 1 is 0.833 bits per heavy atom. The van der Waals surface area contributed by atoms with Crippen molar-refractivity contribution in [3.63, 3.8) is 0 Å². The molecule has 2 heterocycles. The van der Waals surface area contributed by atoms with Crippen LogP contribution in [0.2, 0.25) is 0 Å². The summed E-state index contributed by atoms with van der Waals surface area (Å²) >= 11 is 0. The standard InChI is InChI=1S/C29H36F2N4O7/c1-19-7-9-23(34(37)38)27(13-19)41-21-5-3-11-32(17-21)25(15-30)29(36)26(16-31)33-12-4-6-22(18-33)42-28-14-20(2)8-10-24(28)35(39)40/h7-10,13-14,21-22,25-26H,3-6,11-12,15-18H2,1-2H3. The molecule has 0 saturated carbocycles. The number of alkyl halides is 2. The van der Waals surface area contributed by atoms with E-state index in [2.05, 4.69) is 0 Å². The highest BCUT2D eigenvalue weighted by Gasteiger charge is 2.39. The molecule has 228 valence electrons. The number of benzene rings is 2. The first kappa shape index (κ1) is 31.2. The van der Waals surface area contributed by atoms with Crippen molar-refractivity contribution in [3.05, 3.63) is 67.8 Å². The first-order valence-electron chi connectivity index (χ1n) is 14.1. The van der Waals surface area contributed by atoms with Gasteiger partial charge in [0.25, 0.3) is 0 Å². The topological polar surface area (TPSA) is 128 Å². The van der Waals surface area contributed by atoms with Gasteiger partial charge in [0.2, 0.25) is 0 Å². The highest BCUT2D eigenvalue weighted by Crippen LogP contribution is 2.32. The van der Waals surface area contributed by atoms with Crippen LogP contribution in [-0.2, 0) is 4.79 Å². The Balaban J connectivity index is 1.44. The predicted octanol–water partition coefficient (Wildman–Crippen LogP) is 4.75. The second kappa shape index (κ2) is 14.0. The van der Waals surface area contributed by atoms with Crippen LogP contribution in [0.4, 0.5) is 20.2 Å². The lowest BCUT2D eigenvalue weighted by Crippen LogP contribution is -2.58. The number of rotatable bonds is 12. The summed E-state index contributed by atoms with van der Waals surface area (Å²) in [4.78, 5) is 38.7. The van der Waals surface area contributed by atoms with Crippen molar-refractivity contribution in [1.29, 1.82) is 0 Å². The third kappa shape index (κ3) is 7.37. The number of carbonyl (C=O) groups excluding carboxylic acids is 1. The van der Waals surface area contributed by atoms with E-state index in [-0.39, 0.29) is 36.0 Å². The lowest BCUT2D eigenvalue weighted by atomic mass is 9.97. The van der Waals surface area contributed by atoms with Crippen LogP contribution in [0.1, 0.15) is 36.8 Å². The number of carbonyl (C=O) groups is 1. The number of aryl methyl sites for hydroxylation is 2. The zero-order valence-corrected chi connectivity index (χ0v) is 23.7. The monoisotopic (exact) mass is 590 g/mol. The minimum absolute atomic E-state index is 0.116. The molecule has 42 heavy (non-hydrogen) atoms. The minimum Gasteiger partial charge on any atom is -0.482 e. The third-order valence-electron chi connectivity index (χ3n) is 7.86. The Morgan fingerprint density at radius 3 is 1.60 bits per heavy atom. The fraction of sp³-hybridized carbons (Fsp3) is 0.552. The van der Waals surface area contributed by atoms with Crippen LogP contribution in [0.15, 0.2) is 36.4 Å². The fourth-order valence-electron chi connectivity index (χ4n) is 5.71. The highest BCUT2D eigenvalue weighted by molar-refractivity contribution is 5.89. The van der Waals surface area contributed by atoms with Crippen molar-refractivity contribution in [2.75, 3.05) is 39.5 Å². The minimum atomic E-state index is -1.20. The average molecular weight is 591 g/mol. The number of ether oxygens (including phenoxy) is 2. The number of halogens is 2. The van der Waals surface area contributed by atoms with Crippen LogP contribution in [-0.4, -0.2) is 89.2 Å². The van der Waals surface area contributed by atoms with Gasteiger partial charge < -0.3 is 9.47 Å². The Morgan fingerprint density at radius 2 is 1.24 bits per heavy atom. The Labute approximate surface area is 242 Å². The first-order chi connectivity index (χ1) is 20.1. The molecule has 0 spiro atoms. The van der Waals surface area contributed by atoms with Gasteiger partial charge in [-0.3, -0.25) is 34.8 Å². The molecular formula is C29H36F2N4O7. The molecule has 2 aromatic carbocycles. The van der Waals surface area contributed by atoms with E-state index in [1.54, 1.807) is 47.9 Å². The first-order valence-corrected chi connectivity index (χ1v) is 14.1. The lowest BCUT2D eigenvalue weighted by molar-refractivity contribution is -0.386. The van der Waals surface area contributed by atoms with Gasteiger partial charge in [0.1, 0.15) is 25.6 Å².